The molecule has 1 atom stereocenters. The predicted octanol–water partition coefficient (Wildman–Crippen LogP) is 4.74. The second kappa shape index (κ2) is 8.71. The molecule has 3 heterocycles. The van der Waals surface area contributed by atoms with E-state index in [2.05, 4.69) is 32.3 Å². The van der Waals surface area contributed by atoms with Crippen LogP contribution in [0, 0.1) is 0 Å². The lowest BCUT2D eigenvalue weighted by molar-refractivity contribution is 0.167. The van der Waals surface area contributed by atoms with Crippen molar-refractivity contribution in [3.05, 3.63) is 47.6 Å². The van der Waals surface area contributed by atoms with Crippen LogP contribution in [-0.4, -0.2) is 45.8 Å². The molecular weight excluding hydrogens is 374 g/mol. The van der Waals surface area contributed by atoms with E-state index in [1.807, 2.05) is 24.3 Å². The van der Waals surface area contributed by atoms with Gasteiger partial charge < -0.3 is 9.73 Å². The number of piperidine rings is 1. The molecule has 0 spiro atoms. The highest BCUT2D eigenvalue weighted by atomic mass is 35.5. The first kappa shape index (κ1) is 18.9. The van der Waals surface area contributed by atoms with Gasteiger partial charge >= 0.3 is 0 Å². The van der Waals surface area contributed by atoms with Crippen LogP contribution in [0.5, 0.6) is 0 Å². The molecule has 0 radical (unpaired) electrons. The number of nitrogens with one attached hydrogen (secondary N) is 1. The van der Waals surface area contributed by atoms with Gasteiger partial charge in [0.15, 0.2) is 0 Å². The smallest absolute Gasteiger partial charge is 0.251 e. The first-order valence-corrected chi connectivity index (χ1v) is 10.1. The first-order chi connectivity index (χ1) is 13.7. The molecule has 2 aromatic heterocycles. The zero-order valence-corrected chi connectivity index (χ0v) is 16.7. The SMILES string of the molecule is C[C@@H]1CCCCN1CCNc1ncccc1-c1nnc(-c2ccc(Cl)cc2)o1. The van der Waals surface area contributed by atoms with E-state index in [1.54, 1.807) is 18.3 Å². The summed E-state index contributed by atoms with van der Waals surface area (Å²) in [5.41, 5.74) is 1.64. The maximum absolute atomic E-state index is 5.95. The summed E-state index contributed by atoms with van der Waals surface area (Å²) in [6.45, 7) is 5.30. The lowest BCUT2D eigenvalue weighted by Crippen LogP contribution is -2.40. The van der Waals surface area contributed by atoms with Gasteiger partial charge in [0, 0.05) is 35.9 Å². The number of benzene rings is 1. The van der Waals surface area contributed by atoms with E-state index in [0.717, 1.165) is 30.0 Å². The number of aromatic nitrogens is 3. The Hall–Kier alpha value is -2.44. The van der Waals surface area contributed by atoms with Gasteiger partial charge in [-0.05, 0) is 62.7 Å². The van der Waals surface area contributed by atoms with Gasteiger partial charge in [0.05, 0.1) is 5.56 Å². The van der Waals surface area contributed by atoms with E-state index in [1.165, 1.54) is 25.8 Å². The van der Waals surface area contributed by atoms with Gasteiger partial charge in [-0.25, -0.2) is 4.98 Å². The molecule has 1 fully saturated rings. The van der Waals surface area contributed by atoms with Crippen LogP contribution in [0.4, 0.5) is 5.82 Å². The van der Waals surface area contributed by atoms with Gasteiger partial charge in [-0.15, -0.1) is 10.2 Å². The van der Waals surface area contributed by atoms with Crippen LogP contribution in [0.2, 0.25) is 5.02 Å². The van der Waals surface area contributed by atoms with Crippen molar-refractivity contribution in [2.45, 2.75) is 32.2 Å². The van der Waals surface area contributed by atoms with E-state index in [9.17, 15) is 0 Å². The Bertz CT molecular complexity index is 911. The summed E-state index contributed by atoms with van der Waals surface area (Å²) in [5.74, 6) is 1.67. The van der Waals surface area contributed by atoms with E-state index < -0.39 is 0 Å². The predicted molar refractivity (Wildman–Crippen MR) is 111 cm³/mol. The number of hydrogen-bond donors (Lipinski definition) is 1. The number of likely N-dealkylation sites (tertiary alicyclic amines) is 1. The summed E-state index contributed by atoms with van der Waals surface area (Å²) in [5, 5.41) is 12.5. The van der Waals surface area contributed by atoms with Gasteiger partial charge in [-0.2, -0.15) is 0 Å². The first-order valence-electron chi connectivity index (χ1n) is 9.73. The molecule has 4 rings (SSSR count). The third-order valence-corrected chi connectivity index (χ3v) is 5.44. The highest BCUT2D eigenvalue weighted by Crippen LogP contribution is 2.28. The molecule has 0 aliphatic carbocycles. The average Bonchev–Trinajstić information content (AvgIpc) is 3.20. The Morgan fingerprint density at radius 3 is 2.79 bits per heavy atom. The maximum Gasteiger partial charge on any atom is 0.251 e. The fourth-order valence-corrected chi connectivity index (χ4v) is 3.69. The summed E-state index contributed by atoms with van der Waals surface area (Å²) >= 11 is 5.95. The number of rotatable bonds is 6. The average molecular weight is 398 g/mol. The molecule has 1 N–H and O–H groups in total. The Balaban J connectivity index is 1.46. The topological polar surface area (TPSA) is 67.1 Å². The monoisotopic (exact) mass is 397 g/mol. The fraction of sp³-hybridized carbons (Fsp3) is 0.381. The van der Waals surface area contributed by atoms with Crippen molar-refractivity contribution >= 4 is 17.4 Å². The quantitative estimate of drug-likeness (QED) is 0.648. The minimum absolute atomic E-state index is 0.451. The molecule has 0 amide bonds. The summed E-state index contributed by atoms with van der Waals surface area (Å²) in [4.78, 5) is 7.01. The van der Waals surface area contributed by atoms with E-state index >= 15 is 0 Å². The zero-order valence-electron chi connectivity index (χ0n) is 15.9. The summed E-state index contributed by atoms with van der Waals surface area (Å²) in [6, 6.07) is 11.8. The van der Waals surface area contributed by atoms with Gasteiger partial charge in [0.1, 0.15) is 5.82 Å². The second-order valence-corrected chi connectivity index (χ2v) is 7.56. The summed E-state index contributed by atoms with van der Waals surface area (Å²) in [6.07, 6.45) is 5.67. The Morgan fingerprint density at radius 2 is 1.96 bits per heavy atom. The standard InChI is InChI=1S/C21H24ClN5O/c1-15-5-2-3-13-27(15)14-12-24-19-18(6-4-11-23-19)21-26-25-20(28-21)16-7-9-17(22)10-8-16/h4,6-11,15H,2-3,5,12-14H2,1H3,(H,23,24)/t15-/m1/s1. The van der Waals surface area contributed by atoms with Crippen LogP contribution in [0.3, 0.4) is 0 Å². The Morgan fingerprint density at radius 1 is 1.14 bits per heavy atom. The lowest BCUT2D eigenvalue weighted by Gasteiger charge is -2.33. The van der Waals surface area contributed by atoms with Crippen LogP contribution in [0.1, 0.15) is 26.2 Å². The Labute approximate surface area is 169 Å². The van der Waals surface area contributed by atoms with Gasteiger partial charge in [0.25, 0.3) is 5.89 Å². The van der Waals surface area contributed by atoms with Crippen LogP contribution in [-0.2, 0) is 0 Å². The molecule has 28 heavy (non-hydrogen) atoms. The molecule has 146 valence electrons. The van der Waals surface area contributed by atoms with Crippen molar-refractivity contribution in [1.82, 2.24) is 20.1 Å². The normalized spacial score (nSPS) is 17.6. The van der Waals surface area contributed by atoms with Crippen LogP contribution < -0.4 is 5.32 Å². The molecule has 7 heteroatoms. The molecule has 1 aromatic carbocycles. The van der Waals surface area contributed by atoms with Crippen molar-refractivity contribution in [3.8, 4) is 22.9 Å². The van der Waals surface area contributed by atoms with Crippen molar-refractivity contribution in [2.75, 3.05) is 25.0 Å². The van der Waals surface area contributed by atoms with E-state index in [-0.39, 0.29) is 0 Å². The van der Waals surface area contributed by atoms with E-state index in [0.29, 0.717) is 22.8 Å². The molecule has 1 aliphatic rings. The second-order valence-electron chi connectivity index (χ2n) is 7.13. The van der Waals surface area contributed by atoms with Crippen LogP contribution in [0.25, 0.3) is 22.9 Å². The molecule has 0 unspecified atom stereocenters. The third kappa shape index (κ3) is 4.34. The van der Waals surface area contributed by atoms with Crippen LogP contribution in [0.15, 0.2) is 47.0 Å². The van der Waals surface area contributed by atoms with E-state index in [4.69, 9.17) is 16.0 Å². The maximum atomic E-state index is 5.95. The van der Waals surface area contributed by atoms with Gasteiger partial charge in [0.2, 0.25) is 5.89 Å². The third-order valence-electron chi connectivity index (χ3n) is 5.19. The van der Waals surface area contributed by atoms with Crippen LogP contribution >= 0.6 is 11.6 Å². The molecule has 6 nitrogen and oxygen atoms in total. The minimum Gasteiger partial charge on any atom is -0.416 e. The molecule has 3 aromatic rings. The van der Waals surface area contributed by atoms with Gasteiger partial charge in [-0.1, -0.05) is 18.0 Å². The number of nitrogens with zero attached hydrogens (tertiary/aromatic N) is 4. The zero-order chi connectivity index (χ0) is 19.3. The Kier molecular flexibility index (Phi) is 5.88. The molecule has 1 aliphatic heterocycles. The largest absolute Gasteiger partial charge is 0.416 e. The highest BCUT2D eigenvalue weighted by Gasteiger charge is 2.18. The van der Waals surface area contributed by atoms with Crippen molar-refractivity contribution in [2.24, 2.45) is 0 Å². The van der Waals surface area contributed by atoms with Crippen molar-refractivity contribution in [3.63, 3.8) is 0 Å². The molecule has 0 saturated carbocycles. The van der Waals surface area contributed by atoms with Gasteiger partial charge in [-0.3, -0.25) is 4.90 Å². The molecule has 1 saturated heterocycles. The lowest BCUT2D eigenvalue weighted by atomic mass is 10.0. The number of hydrogen-bond acceptors (Lipinski definition) is 6. The molecular formula is C21H24ClN5O. The molecule has 0 bridgehead atoms. The fourth-order valence-electron chi connectivity index (χ4n) is 3.57. The number of halogens is 1. The minimum atomic E-state index is 0.451. The van der Waals surface area contributed by atoms with Crippen molar-refractivity contribution in [1.29, 1.82) is 0 Å². The number of anilines is 1. The summed E-state index contributed by atoms with van der Waals surface area (Å²) < 4.78 is 5.89. The number of pyridine rings is 1. The summed E-state index contributed by atoms with van der Waals surface area (Å²) in [7, 11) is 0. The highest BCUT2D eigenvalue weighted by molar-refractivity contribution is 6.30. The van der Waals surface area contributed by atoms with Crippen molar-refractivity contribution < 1.29 is 4.42 Å².